The first-order valence-corrected chi connectivity index (χ1v) is 12.8. The van der Waals surface area contributed by atoms with Gasteiger partial charge in [0.2, 0.25) is 17.4 Å². The Hall–Kier alpha value is -4.15. The van der Waals surface area contributed by atoms with Crippen LogP contribution in [0.25, 0.3) is 22.7 Å². The fourth-order valence-electron chi connectivity index (χ4n) is 4.83. The van der Waals surface area contributed by atoms with Gasteiger partial charge in [-0.05, 0) is 44.6 Å². The van der Waals surface area contributed by atoms with Crippen LogP contribution in [0.15, 0.2) is 39.5 Å². The number of aromatic nitrogens is 4. The number of rotatable bonds is 6. The highest BCUT2D eigenvalue weighted by atomic mass is 16.5. The highest BCUT2D eigenvalue weighted by Crippen LogP contribution is 2.33. The van der Waals surface area contributed by atoms with Crippen molar-refractivity contribution in [1.29, 1.82) is 0 Å². The highest BCUT2D eigenvalue weighted by molar-refractivity contribution is 6.05. The Balaban J connectivity index is 1.29. The molecule has 0 bridgehead atoms. The van der Waals surface area contributed by atoms with Gasteiger partial charge in [-0.1, -0.05) is 0 Å². The Kier molecular flexibility index (Phi) is 6.33. The minimum absolute atomic E-state index is 0.155. The van der Waals surface area contributed by atoms with Gasteiger partial charge in [-0.2, -0.15) is 4.98 Å². The molecule has 4 aromatic heterocycles. The molecule has 11 nitrogen and oxygen atoms in total. The highest BCUT2D eigenvalue weighted by Gasteiger charge is 2.24. The summed E-state index contributed by atoms with van der Waals surface area (Å²) in [6, 6.07) is 5.89. The third kappa shape index (κ3) is 4.81. The molecule has 2 fully saturated rings. The van der Waals surface area contributed by atoms with Gasteiger partial charge in [-0.25, -0.2) is 15.0 Å². The molecular weight excluding hydrogens is 474 g/mol. The van der Waals surface area contributed by atoms with E-state index in [-0.39, 0.29) is 5.69 Å². The average molecular weight is 504 g/mol. The van der Waals surface area contributed by atoms with E-state index in [2.05, 4.69) is 30.1 Å². The Morgan fingerprint density at radius 3 is 2.43 bits per heavy atom. The van der Waals surface area contributed by atoms with Crippen LogP contribution < -0.4 is 19.9 Å². The van der Waals surface area contributed by atoms with Gasteiger partial charge in [-0.15, -0.1) is 0 Å². The first-order valence-electron chi connectivity index (χ1n) is 12.8. The van der Waals surface area contributed by atoms with E-state index in [0.29, 0.717) is 46.1 Å². The van der Waals surface area contributed by atoms with Gasteiger partial charge >= 0.3 is 0 Å². The number of nitrogens with zero attached hydrogens (tertiary/aromatic N) is 6. The fourth-order valence-corrected chi connectivity index (χ4v) is 4.83. The molecule has 0 saturated carbocycles. The summed E-state index contributed by atoms with van der Waals surface area (Å²) in [6.45, 7) is 3.59. The zero-order chi connectivity index (χ0) is 25.2. The molecule has 192 valence electrons. The predicted molar refractivity (Wildman–Crippen MR) is 138 cm³/mol. The van der Waals surface area contributed by atoms with E-state index in [4.69, 9.17) is 18.6 Å². The second-order valence-electron chi connectivity index (χ2n) is 9.35. The molecule has 4 aromatic rings. The number of carbonyl (C=O) groups excluding carboxylic acids is 1. The lowest BCUT2D eigenvalue weighted by molar-refractivity contribution is 0.102. The number of piperidine rings is 2. The fraction of sp³-hybridized carbons (Fsp3) is 0.423. The molecule has 0 aliphatic carbocycles. The monoisotopic (exact) mass is 503 g/mol. The van der Waals surface area contributed by atoms with E-state index in [1.807, 2.05) is 6.07 Å². The average Bonchev–Trinajstić information content (AvgIpc) is 3.61. The summed E-state index contributed by atoms with van der Waals surface area (Å²) in [5.74, 6) is 1.08. The number of fused-ring (bicyclic) bond motifs is 1. The summed E-state index contributed by atoms with van der Waals surface area (Å²) in [6.07, 6.45) is 9.74. The van der Waals surface area contributed by atoms with Crippen molar-refractivity contribution in [3.8, 4) is 17.3 Å². The summed E-state index contributed by atoms with van der Waals surface area (Å²) in [7, 11) is 1.55. The summed E-state index contributed by atoms with van der Waals surface area (Å²) >= 11 is 0. The van der Waals surface area contributed by atoms with Crippen LogP contribution in [-0.2, 0) is 0 Å². The number of pyridine rings is 2. The maximum Gasteiger partial charge on any atom is 0.299 e. The first kappa shape index (κ1) is 23.3. The van der Waals surface area contributed by atoms with Gasteiger partial charge in [0.15, 0.2) is 17.1 Å². The minimum atomic E-state index is -0.397. The van der Waals surface area contributed by atoms with E-state index in [1.54, 1.807) is 25.4 Å². The topological polar surface area (TPSA) is 123 Å². The number of hydrogen-bond acceptors (Lipinski definition) is 10. The van der Waals surface area contributed by atoms with Crippen LogP contribution in [0, 0.1) is 0 Å². The number of nitrogens with one attached hydrogen (secondary N) is 1. The molecule has 0 radical (unpaired) electrons. The Labute approximate surface area is 213 Å². The Morgan fingerprint density at radius 2 is 1.73 bits per heavy atom. The van der Waals surface area contributed by atoms with Crippen LogP contribution in [0.1, 0.15) is 49.0 Å². The van der Waals surface area contributed by atoms with Crippen molar-refractivity contribution in [1.82, 2.24) is 19.9 Å². The third-order valence-electron chi connectivity index (χ3n) is 6.81. The van der Waals surface area contributed by atoms with Gasteiger partial charge in [-0.3, -0.25) is 4.79 Å². The second-order valence-corrected chi connectivity index (χ2v) is 9.35. The molecule has 2 saturated heterocycles. The molecule has 0 atom stereocenters. The lowest BCUT2D eigenvalue weighted by Gasteiger charge is -2.29. The number of methoxy groups -OCH3 is 1. The van der Waals surface area contributed by atoms with Gasteiger partial charge in [0.1, 0.15) is 6.26 Å². The van der Waals surface area contributed by atoms with Crippen molar-refractivity contribution < 1.29 is 18.4 Å². The Bertz CT molecular complexity index is 1390. The van der Waals surface area contributed by atoms with E-state index >= 15 is 0 Å². The van der Waals surface area contributed by atoms with Crippen molar-refractivity contribution in [3.05, 3.63) is 36.4 Å². The Morgan fingerprint density at radius 1 is 0.973 bits per heavy atom. The smallest absolute Gasteiger partial charge is 0.299 e. The lowest BCUT2D eigenvalue weighted by atomic mass is 10.1. The van der Waals surface area contributed by atoms with E-state index < -0.39 is 5.91 Å². The van der Waals surface area contributed by atoms with Crippen LogP contribution >= 0.6 is 0 Å². The van der Waals surface area contributed by atoms with Crippen LogP contribution in [0.2, 0.25) is 0 Å². The normalized spacial score (nSPS) is 16.2. The lowest BCUT2D eigenvalue weighted by Crippen LogP contribution is -2.31. The van der Waals surface area contributed by atoms with Crippen molar-refractivity contribution >= 4 is 34.7 Å². The number of hydrogen-bond donors (Lipinski definition) is 1. The molecule has 2 aliphatic rings. The van der Waals surface area contributed by atoms with Crippen LogP contribution in [0.3, 0.4) is 0 Å². The molecule has 6 heterocycles. The molecule has 0 aromatic carbocycles. The SMILES string of the molecule is COc1ccc(-c2nc(C(=O)Nc3cc4oc(N5CCCCC5)nc4nc3N3CCCCC3)co2)cn1. The van der Waals surface area contributed by atoms with Crippen molar-refractivity contribution in [2.24, 2.45) is 0 Å². The third-order valence-corrected chi connectivity index (χ3v) is 6.81. The molecule has 37 heavy (non-hydrogen) atoms. The van der Waals surface area contributed by atoms with Crippen molar-refractivity contribution in [3.63, 3.8) is 0 Å². The molecule has 0 unspecified atom stereocenters. The molecule has 6 rings (SSSR count). The summed E-state index contributed by atoms with van der Waals surface area (Å²) in [5, 5.41) is 2.99. The largest absolute Gasteiger partial charge is 0.481 e. The van der Waals surface area contributed by atoms with Crippen molar-refractivity contribution in [2.75, 3.05) is 48.4 Å². The number of carbonyl (C=O) groups is 1. The predicted octanol–water partition coefficient (Wildman–Crippen LogP) is 4.51. The van der Waals surface area contributed by atoms with Gasteiger partial charge in [0.25, 0.3) is 11.9 Å². The molecule has 1 N–H and O–H groups in total. The minimum Gasteiger partial charge on any atom is -0.481 e. The second kappa shape index (κ2) is 10.1. The van der Waals surface area contributed by atoms with E-state index in [0.717, 1.165) is 51.9 Å². The molecular formula is C26H29N7O4. The molecule has 1 amide bonds. The standard InChI is InChI=1S/C26H29N7O4/c1-35-21-9-8-17(15-27-21)25-29-19(16-36-25)24(34)28-18-14-20-22(30-23(18)32-10-4-2-5-11-32)31-26(37-20)33-12-6-3-7-13-33/h8-9,14-16H,2-7,10-13H2,1H3,(H,28,34). The van der Waals surface area contributed by atoms with E-state index in [9.17, 15) is 4.79 Å². The van der Waals surface area contributed by atoms with Gasteiger partial charge in [0.05, 0.1) is 18.4 Å². The maximum absolute atomic E-state index is 13.2. The number of anilines is 3. The van der Waals surface area contributed by atoms with Crippen LogP contribution in [0.5, 0.6) is 5.88 Å². The van der Waals surface area contributed by atoms with Gasteiger partial charge < -0.3 is 28.7 Å². The molecule has 2 aliphatic heterocycles. The number of amides is 1. The maximum atomic E-state index is 13.2. The summed E-state index contributed by atoms with van der Waals surface area (Å²) < 4.78 is 16.7. The number of ether oxygens (including phenoxy) is 1. The quantitative estimate of drug-likeness (QED) is 0.402. The first-order chi connectivity index (χ1) is 18.2. The zero-order valence-corrected chi connectivity index (χ0v) is 20.8. The number of oxazole rings is 2. The molecule has 0 spiro atoms. The van der Waals surface area contributed by atoms with Crippen LogP contribution in [0.4, 0.5) is 17.5 Å². The van der Waals surface area contributed by atoms with Gasteiger partial charge in [0, 0.05) is 44.5 Å². The van der Waals surface area contributed by atoms with Crippen molar-refractivity contribution in [2.45, 2.75) is 38.5 Å². The van der Waals surface area contributed by atoms with E-state index in [1.165, 1.54) is 19.1 Å². The molecule has 11 heteroatoms. The summed E-state index contributed by atoms with van der Waals surface area (Å²) in [4.78, 5) is 35.6. The zero-order valence-electron chi connectivity index (χ0n) is 20.8. The summed E-state index contributed by atoms with van der Waals surface area (Å²) in [5.41, 5.74) is 2.46. The van der Waals surface area contributed by atoms with Crippen LogP contribution in [-0.4, -0.2) is 59.1 Å².